The van der Waals surface area contributed by atoms with Crippen molar-refractivity contribution in [2.45, 2.75) is 24.7 Å². The molecule has 6 nitrogen and oxygen atoms in total. The van der Waals surface area contributed by atoms with E-state index in [4.69, 9.17) is 26.8 Å². The molecule has 2 atom stereocenters. The lowest BCUT2D eigenvalue weighted by molar-refractivity contribution is 0.166. The number of hydrogen-bond donors (Lipinski definition) is 1. The van der Waals surface area contributed by atoms with Crippen LogP contribution in [0.5, 0.6) is 5.75 Å². The number of rotatable bonds is 6. The van der Waals surface area contributed by atoms with Gasteiger partial charge in [-0.3, -0.25) is 0 Å². The molecule has 1 aromatic carbocycles. The maximum absolute atomic E-state index is 13.1. The van der Waals surface area contributed by atoms with Gasteiger partial charge in [-0.1, -0.05) is 18.5 Å². The van der Waals surface area contributed by atoms with E-state index in [0.717, 1.165) is 19.4 Å². The Morgan fingerprint density at radius 3 is 2.92 bits per heavy atom. The predicted octanol–water partition coefficient (Wildman–Crippen LogP) is 2.11. The van der Waals surface area contributed by atoms with Gasteiger partial charge in [0, 0.05) is 30.6 Å². The standard InChI is InChI=1S/C17H25ClN2O4S/c1-17(11-19)5-6-20(12-17)25(21,22)16-8-14(18)2-3-15(16)24-10-13-4-7-23-9-13/h2-3,8,13H,4-7,9-12,19H2,1H3. The number of hydrogen-bond acceptors (Lipinski definition) is 5. The second kappa shape index (κ2) is 7.40. The molecule has 2 aliphatic rings. The van der Waals surface area contributed by atoms with Crippen molar-refractivity contribution in [3.05, 3.63) is 23.2 Å². The highest BCUT2D eigenvalue weighted by Crippen LogP contribution is 2.36. The summed E-state index contributed by atoms with van der Waals surface area (Å²) < 4.78 is 38.9. The fraction of sp³-hybridized carbons (Fsp3) is 0.647. The molecule has 3 rings (SSSR count). The Labute approximate surface area is 154 Å². The highest BCUT2D eigenvalue weighted by molar-refractivity contribution is 7.89. The Morgan fingerprint density at radius 1 is 1.48 bits per heavy atom. The first-order chi connectivity index (χ1) is 11.8. The minimum absolute atomic E-state index is 0.125. The van der Waals surface area contributed by atoms with Crippen LogP contribution in [0.15, 0.2) is 23.1 Å². The number of benzene rings is 1. The molecule has 0 radical (unpaired) electrons. The molecule has 0 spiro atoms. The minimum atomic E-state index is -3.68. The first-order valence-corrected chi connectivity index (χ1v) is 10.4. The minimum Gasteiger partial charge on any atom is -0.492 e. The zero-order valence-electron chi connectivity index (χ0n) is 14.4. The van der Waals surface area contributed by atoms with Gasteiger partial charge < -0.3 is 15.2 Å². The summed E-state index contributed by atoms with van der Waals surface area (Å²) in [5.41, 5.74) is 5.62. The lowest BCUT2D eigenvalue weighted by atomic mass is 9.90. The summed E-state index contributed by atoms with van der Waals surface area (Å²) in [5, 5.41) is 0.371. The molecule has 8 heteroatoms. The van der Waals surface area contributed by atoms with E-state index >= 15 is 0 Å². The van der Waals surface area contributed by atoms with E-state index in [2.05, 4.69) is 0 Å². The maximum atomic E-state index is 13.1. The van der Waals surface area contributed by atoms with Gasteiger partial charge in [0.15, 0.2) is 0 Å². The van der Waals surface area contributed by atoms with Crippen molar-refractivity contribution in [3.8, 4) is 5.75 Å². The number of halogens is 1. The summed E-state index contributed by atoms with van der Waals surface area (Å²) >= 11 is 6.06. The third-order valence-corrected chi connectivity index (χ3v) is 7.14. The summed E-state index contributed by atoms with van der Waals surface area (Å²) in [5.74, 6) is 0.635. The van der Waals surface area contributed by atoms with Crippen LogP contribution >= 0.6 is 11.6 Å². The number of ether oxygens (including phenoxy) is 2. The van der Waals surface area contributed by atoms with Gasteiger partial charge >= 0.3 is 0 Å². The average Bonchev–Trinajstić information content (AvgIpc) is 3.24. The summed E-state index contributed by atoms with van der Waals surface area (Å²) in [6.45, 7) is 5.15. The smallest absolute Gasteiger partial charge is 0.246 e. The van der Waals surface area contributed by atoms with E-state index < -0.39 is 10.0 Å². The molecular formula is C17H25ClN2O4S. The fourth-order valence-corrected chi connectivity index (χ4v) is 5.20. The van der Waals surface area contributed by atoms with E-state index in [1.54, 1.807) is 12.1 Å². The predicted molar refractivity (Wildman–Crippen MR) is 96.4 cm³/mol. The highest BCUT2D eigenvalue weighted by atomic mass is 35.5. The molecule has 25 heavy (non-hydrogen) atoms. The molecule has 0 saturated carbocycles. The normalized spacial score (nSPS) is 27.7. The molecule has 0 amide bonds. The Kier molecular flexibility index (Phi) is 5.60. The molecule has 0 bridgehead atoms. The molecule has 2 saturated heterocycles. The van der Waals surface area contributed by atoms with Crippen molar-refractivity contribution in [3.63, 3.8) is 0 Å². The second-order valence-electron chi connectivity index (χ2n) is 7.24. The van der Waals surface area contributed by atoms with Crippen LogP contribution in [-0.2, 0) is 14.8 Å². The monoisotopic (exact) mass is 388 g/mol. The largest absolute Gasteiger partial charge is 0.492 e. The summed E-state index contributed by atoms with van der Waals surface area (Å²) in [6, 6.07) is 4.74. The van der Waals surface area contributed by atoms with E-state index in [1.165, 1.54) is 10.4 Å². The first kappa shape index (κ1) is 18.9. The lowest BCUT2D eigenvalue weighted by Crippen LogP contribution is -2.34. The van der Waals surface area contributed by atoms with E-state index in [9.17, 15) is 8.42 Å². The van der Waals surface area contributed by atoms with Gasteiger partial charge in [-0.2, -0.15) is 4.31 Å². The van der Waals surface area contributed by atoms with Crippen molar-refractivity contribution >= 4 is 21.6 Å². The van der Waals surface area contributed by atoms with Crippen molar-refractivity contribution in [2.75, 3.05) is 39.5 Å². The average molecular weight is 389 g/mol. The van der Waals surface area contributed by atoms with Crippen molar-refractivity contribution in [1.82, 2.24) is 4.31 Å². The van der Waals surface area contributed by atoms with Crippen LogP contribution in [0.1, 0.15) is 19.8 Å². The van der Waals surface area contributed by atoms with Gasteiger partial charge in [0.05, 0.1) is 13.2 Å². The van der Waals surface area contributed by atoms with Gasteiger partial charge in [-0.15, -0.1) is 0 Å². The van der Waals surface area contributed by atoms with Crippen LogP contribution in [0.2, 0.25) is 5.02 Å². The molecule has 2 heterocycles. The Balaban J connectivity index is 1.83. The highest BCUT2D eigenvalue weighted by Gasteiger charge is 2.40. The molecule has 2 unspecified atom stereocenters. The summed E-state index contributed by atoms with van der Waals surface area (Å²) in [4.78, 5) is 0.125. The Hall–Kier alpha value is -0.860. The molecule has 0 aromatic heterocycles. The van der Waals surface area contributed by atoms with Gasteiger partial charge in [0.1, 0.15) is 10.6 Å². The number of sulfonamides is 1. The topological polar surface area (TPSA) is 81.9 Å². The second-order valence-corrected chi connectivity index (χ2v) is 9.58. The molecule has 140 valence electrons. The molecule has 2 fully saturated rings. The third kappa shape index (κ3) is 4.11. The Morgan fingerprint density at radius 2 is 2.28 bits per heavy atom. The molecule has 0 aliphatic carbocycles. The van der Waals surface area contributed by atoms with Gasteiger partial charge in [-0.05, 0) is 43.0 Å². The number of nitrogens with zero attached hydrogens (tertiary/aromatic N) is 1. The van der Waals surface area contributed by atoms with Crippen LogP contribution < -0.4 is 10.5 Å². The van der Waals surface area contributed by atoms with Gasteiger partial charge in [0.2, 0.25) is 10.0 Å². The summed E-state index contributed by atoms with van der Waals surface area (Å²) in [6.07, 6.45) is 1.68. The quantitative estimate of drug-likeness (QED) is 0.807. The maximum Gasteiger partial charge on any atom is 0.246 e. The van der Waals surface area contributed by atoms with Crippen molar-refractivity contribution in [2.24, 2.45) is 17.1 Å². The van der Waals surface area contributed by atoms with Gasteiger partial charge in [0.25, 0.3) is 0 Å². The first-order valence-electron chi connectivity index (χ1n) is 8.54. The van der Waals surface area contributed by atoms with Gasteiger partial charge in [-0.25, -0.2) is 8.42 Å². The van der Waals surface area contributed by atoms with Crippen LogP contribution in [0, 0.1) is 11.3 Å². The molecule has 2 aliphatic heterocycles. The van der Waals surface area contributed by atoms with Crippen molar-refractivity contribution in [1.29, 1.82) is 0 Å². The van der Waals surface area contributed by atoms with E-state index in [-0.39, 0.29) is 10.3 Å². The van der Waals surface area contributed by atoms with E-state index in [0.29, 0.717) is 49.5 Å². The number of nitrogens with two attached hydrogens (primary N) is 1. The third-order valence-electron chi connectivity index (χ3n) is 5.04. The zero-order valence-corrected chi connectivity index (χ0v) is 16.0. The Bertz CT molecular complexity index is 721. The lowest BCUT2D eigenvalue weighted by Gasteiger charge is -2.23. The van der Waals surface area contributed by atoms with E-state index in [1.807, 2.05) is 6.92 Å². The van der Waals surface area contributed by atoms with Crippen LogP contribution in [0.3, 0.4) is 0 Å². The van der Waals surface area contributed by atoms with Crippen LogP contribution in [-0.4, -0.2) is 52.2 Å². The summed E-state index contributed by atoms with van der Waals surface area (Å²) in [7, 11) is -3.68. The molecule has 1 aromatic rings. The zero-order chi connectivity index (χ0) is 18.1. The van der Waals surface area contributed by atoms with Crippen molar-refractivity contribution < 1.29 is 17.9 Å². The molecular weight excluding hydrogens is 364 g/mol. The molecule has 2 N–H and O–H groups in total. The van der Waals surface area contributed by atoms with Crippen LogP contribution in [0.25, 0.3) is 0 Å². The fourth-order valence-electron chi connectivity index (χ4n) is 3.21. The SMILES string of the molecule is CC1(CN)CCN(S(=O)(=O)c2cc(Cl)ccc2OCC2CCOC2)C1. The van der Waals surface area contributed by atoms with Crippen LogP contribution in [0.4, 0.5) is 0 Å².